The topological polar surface area (TPSA) is 105 Å². The number of phenolic OH excluding ortho intramolecular Hbond substituents is 1. The van der Waals surface area contributed by atoms with Crippen LogP contribution in [-0.4, -0.2) is 21.8 Å². The number of nitrogens with two attached hydrogens (primary N) is 1. The van der Waals surface area contributed by atoms with Gasteiger partial charge in [-0.05, 0) is 42.8 Å². The lowest BCUT2D eigenvalue weighted by Crippen LogP contribution is -2.16. The quantitative estimate of drug-likeness (QED) is 0.615. The Balaban J connectivity index is 1.98. The number of para-hydroxylation sites is 1. The number of aromatic nitrogens is 1. The van der Waals surface area contributed by atoms with Crippen molar-refractivity contribution >= 4 is 23.2 Å². The summed E-state index contributed by atoms with van der Waals surface area (Å²) in [6.07, 6.45) is 1.35. The summed E-state index contributed by atoms with van der Waals surface area (Å²) in [5.41, 5.74) is 7.63. The molecule has 0 saturated heterocycles. The van der Waals surface area contributed by atoms with Crippen LogP contribution < -0.4 is 11.1 Å². The predicted octanol–water partition coefficient (Wildman–Crippen LogP) is 3.17. The lowest BCUT2D eigenvalue weighted by atomic mass is 10.0. The average molecular weight is 347 g/mol. The first-order valence-electron chi connectivity index (χ1n) is 7.92. The van der Waals surface area contributed by atoms with Crippen molar-refractivity contribution in [2.75, 3.05) is 5.32 Å². The molecule has 26 heavy (non-hydrogen) atoms. The molecular weight excluding hydrogens is 330 g/mol. The molecule has 6 nitrogen and oxygen atoms in total. The molecule has 0 bridgehead atoms. The maximum Gasteiger partial charge on any atom is 0.252 e. The van der Waals surface area contributed by atoms with Crippen LogP contribution in [0.5, 0.6) is 5.75 Å². The number of hydrogen-bond acceptors (Lipinski definition) is 5. The van der Waals surface area contributed by atoms with E-state index < -0.39 is 11.7 Å². The smallest absolute Gasteiger partial charge is 0.252 e. The van der Waals surface area contributed by atoms with E-state index in [0.717, 1.165) is 11.3 Å². The van der Waals surface area contributed by atoms with Gasteiger partial charge in [-0.15, -0.1) is 0 Å². The monoisotopic (exact) mass is 347 g/mol. The number of pyridine rings is 1. The number of carbonyl (C=O) groups excluding carboxylic acids is 2. The first-order chi connectivity index (χ1) is 12.5. The largest absolute Gasteiger partial charge is 0.507 e. The van der Waals surface area contributed by atoms with Crippen molar-refractivity contribution in [3.05, 3.63) is 83.0 Å². The fraction of sp³-hybridized carbons (Fsp3) is 0.0500. The molecule has 2 aromatic carbocycles. The Morgan fingerprint density at radius 3 is 2.50 bits per heavy atom. The highest BCUT2D eigenvalue weighted by molar-refractivity contribution is 6.12. The summed E-state index contributed by atoms with van der Waals surface area (Å²) in [6.45, 7) is 1.95. The molecular formula is C20H17N3O3. The number of carbonyl (C=O) groups is 2. The van der Waals surface area contributed by atoms with Gasteiger partial charge in [-0.2, -0.15) is 0 Å². The van der Waals surface area contributed by atoms with Crippen LogP contribution in [0.2, 0.25) is 0 Å². The van der Waals surface area contributed by atoms with Crippen LogP contribution in [-0.2, 0) is 0 Å². The van der Waals surface area contributed by atoms with Gasteiger partial charge in [0.2, 0.25) is 0 Å². The molecule has 0 atom stereocenters. The van der Waals surface area contributed by atoms with Crippen molar-refractivity contribution in [2.24, 2.45) is 5.73 Å². The number of nitrogens with zero attached hydrogens (tertiary/aromatic N) is 1. The Bertz CT molecular complexity index is 999. The van der Waals surface area contributed by atoms with Gasteiger partial charge in [-0.1, -0.05) is 24.3 Å². The van der Waals surface area contributed by atoms with E-state index in [9.17, 15) is 14.7 Å². The summed E-state index contributed by atoms with van der Waals surface area (Å²) in [6, 6.07) is 15.1. The molecule has 3 rings (SSSR count). The molecule has 130 valence electrons. The zero-order chi connectivity index (χ0) is 18.7. The van der Waals surface area contributed by atoms with E-state index in [1.165, 1.54) is 24.4 Å². The van der Waals surface area contributed by atoms with Crippen LogP contribution in [0.1, 0.15) is 31.8 Å². The minimum absolute atomic E-state index is 0.0905. The van der Waals surface area contributed by atoms with Crippen LogP contribution >= 0.6 is 0 Å². The molecule has 3 aromatic rings. The number of hydrogen-bond donors (Lipinski definition) is 3. The third kappa shape index (κ3) is 3.54. The summed E-state index contributed by atoms with van der Waals surface area (Å²) in [5, 5.41) is 12.9. The zero-order valence-corrected chi connectivity index (χ0v) is 14.1. The van der Waals surface area contributed by atoms with Gasteiger partial charge in [0.25, 0.3) is 5.91 Å². The number of aryl methyl sites for hydroxylation is 1. The van der Waals surface area contributed by atoms with E-state index in [0.29, 0.717) is 0 Å². The fourth-order valence-corrected chi connectivity index (χ4v) is 2.56. The SMILES string of the molecule is Cc1cccc(Nc2ncc(C(=O)c3ccccc3O)cc2C(N)=O)c1. The maximum atomic E-state index is 12.6. The molecule has 6 heteroatoms. The van der Waals surface area contributed by atoms with Gasteiger partial charge < -0.3 is 16.2 Å². The number of amides is 1. The highest BCUT2D eigenvalue weighted by Gasteiger charge is 2.18. The van der Waals surface area contributed by atoms with E-state index in [1.807, 2.05) is 31.2 Å². The molecule has 0 aliphatic rings. The molecule has 0 unspecified atom stereocenters. The summed E-state index contributed by atoms with van der Waals surface area (Å²) < 4.78 is 0. The minimum atomic E-state index is -0.709. The van der Waals surface area contributed by atoms with E-state index in [1.54, 1.807) is 12.1 Å². The highest BCUT2D eigenvalue weighted by atomic mass is 16.3. The number of primary amides is 1. The van der Waals surface area contributed by atoms with Crippen molar-refractivity contribution in [3.63, 3.8) is 0 Å². The number of anilines is 2. The molecule has 1 heterocycles. The lowest BCUT2D eigenvalue weighted by Gasteiger charge is -2.11. The van der Waals surface area contributed by atoms with E-state index in [2.05, 4.69) is 10.3 Å². The maximum absolute atomic E-state index is 12.6. The molecule has 0 aliphatic heterocycles. The molecule has 0 spiro atoms. The Kier molecular flexibility index (Phi) is 4.66. The number of nitrogens with one attached hydrogen (secondary N) is 1. The van der Waals surface area contributed by atoms with Gasteiger partial charge in [0.15, 0.2) is 5.78 Å². The number of phenols is 1. The van der Waals surface area contributed by atoms with Crippen LogP contribution in [0, 0.1) is 6.92 Å². The van der Waals surface area contributed by atoms with Gasteiger partial charge in [-0.3, -0.25) is 9.59 Å². The van der Waals surface area contributed by atoms with Crippen LogP contribution in [0.3, 0.4) is 0 Å². The van der Waals surface area contributed by atoms with Crippen molar-refractivity contribution in [1.82, 2.24) is 4.98 Å². The Labute approximate surface area is 150 Å². The number of rotatable bonds is 5. The standard InChI is InChI=1S/C20H17N3O3/c1-12-5-4-6-14(9-12)23-20-16(19(21)26)10-13(11-22-20)18(25)15-7-2-3-8-17(15)24/h2-11,24H,1H3,(H2,21,26)(H,22,23). The normalized spacial score (nSPS) is 10.3. The Morgan fingerprint density at radius 1 is 1.04 bits per heavy atom. The number of ketones is 1. The molecule has 0 aliphatic carbocycles. The average Bonchev–Trinajstić information content (AvgIpc) is 2.62. The van der Waals surface area contributed by atoms with Crippen molar-refractivity contribution in [2.45, 2.75) is 6.92 Å². The fourth-order valence-electron chi connectivity index (χ4n) is 2.56. The van der Waals surface area contributed by atoms with Gasteiger partial charge in [0.05, 0.1) is 11.1 Å². The summed E-state index contributed by atoms with van der Waals surface area (Å²) in [5.74, 6) is -1.03. The summed E-state index contributed by atoms with van der Waals surface area (Å²) in [7, 11) is 0. The molecule has 4 N–H and O–H groups in total. The molecule has 1 aromatic heterocycles. The first kappa shape index (κ1) is 17.2. The number of aromatic hydroxyl groups is 1. The molecule has 1 amide bonds. The molecule has 0 radical (unpaired) electrons. The van der Waals surface area contributed by atoms with Crippen molar-refractivity contribution in [1.29, 1.82) is 0 Å². The Morgan fingerprint density at radius 2 is 1.81 bits per heavy atom. The third-order valence-electron chi connectivity index (χ3n) is 3.84. The van der Waals surface area contributed by atoms with Crippen molar-refractivity contribution < 1.29 is 14.7 Å². The highest BCUT2D eigenvalue weighted by Crippen LogP contribution is 2.24. The third-order valence-corrected chi connectivity index (χ3v) is 3.84. The van der Waals surface area contributed by atoms with Crippen LogP contribution in [0.25, 0.3) is 0 Å². The van der Waals surface area contributed by atoms with Crippen molar-refractivity contribution in [3.8, 4) is 5.75 Å². The Hall–Kier alpha value is -3.67. The predicted molar refractivity (Wildman–Crippen MR) is 98.8 cm³/mol. The van der Waals surface area contributed by atoms with Gasteiger partial charge in [0, 0.05) is 17.4 Å². The van der Waals surface area contributed by atoms with E-state index in [4.69, 9.17) is 5.73 Å². The van der Waals surface area contributed by atoms with E-state index >= 15 is 0 Å². The second-order valence-corrected chi connectivity index (χ2v) is 5.83. The minimum Gasteiger partial charge on any atom is -0.507 e. The van der Waals surface area contributed by atoms with Gasteiger partial charge in [-0.25, -0.2) is 4.98 Å². The van der Waals surface area contributed by atoms with Gasteiger partial charge in [0.1, 0.15) is 11.6 Å². The van der Waals surface area contributed by atoms with Gasteiger partial charge >= 0.3 is 0 Å². The second kappa shape index (κ2) is 7.06. The lowest BCUT2D eigenvalue weighted by molar-refractivity contribution is 0.100. The molecule has 0 fully saturated rings. The van der Waals surface area contributed by atoms with Crippen LogP contribution in [0.4, 0.5) is 11.5 Å². The summed E-state index contributed by atoms with van der Waals surface area (Å²) in [4.78, 5) is 28.6. The summed E-state index contributed by atoms with van der Waals surface area (Å²) >= 11 is 0. The van der Waals surface area contributed by atoms with E-state index in [-0.39, 0.29) is 28.3 Å². The second-order valence-electron chi connectivity index (χ2n) is 5.83. The number of benzene rings is 2. The first-order valence-corrected chi connectivity index (χ1v) is 7.92. The van der Waals surface area contributed by atoms with Crippen LogP contribution in [0.15, 0.2) is 60.8 Å². The zero-order valence-electron chi connectivity index (χ0n) is 14.1. The molecule has 0 saturated carbocycles.